The van der Waals surface area contributed by atoms with Crippen molar-refractivity contribution in [1.29, 1.82) is 0 Å². The predicted octanol–water partition coefficient (Wildman–Crippen LogP) is -0.597. The van der Waals surface area contributed by atoms with E-state index in [1.54, 1.807) is 0 Å². The van der Waals surface area contributed by atoms with Gasteiger partial charge in [-0.15, -0.1) is 0 Å². The molecule has 0 spiro atoms. The number of rotatable bonds is 1. The molecule has 0 bridgehead atoms. The van der Waals surface area contributed by atoms with Crippen molar-refractivity contribution in [1.82, 2.24) is 4.31 Å². The maximum Gasteiger partial charge on any atom is 0.211 e. The Morgan fingerprint density at radius 3 is 2.55 bits per heavy atom. The van der Waals surface area contributed by atoms with Gasteiger partial charge in [0.05, 0.1) is 12.4 Å². The minimum absolute atomic E-state index is 0.263. The Morgan fingerprint density at radius 2 is 2.18 bits per heavy atom. The summed E-state index contributed by atoms with van der Waals surface area (Å²) in [5.41, 5.74) is 0. The zero-order valence-corrected chi connectivity index (χ0v) is 7.34. The average Bonchev–Trinajstić information content (AvgIpc) is 1.86. The van der Waals surface area contributed by atoms with Crippen LogP contribution in [0.25, 0.3) is 0 Å². The Kier molecular flexibility index (Phi) is 2.51. The number of nitrogens with zero attached hydrogens (tertiary/aromatic N) is 1. The molecule has 1 aliphatic rings. The third-order valence-corrected chi connectivity index (χ3v) is 3.10. The van der Waals surface area contributed by atoms with Gasteiger partial charge in [-0.1, -0.05) is 0 Å². The van der Waals surface area contributed by atoms with Crippen molar-refractivity contribution in [3.8, 4) is 0 Å². The van der Waals surface area contributed by atoms with Crippen molar-refractivity contribution >= 4 is 10.0 Å². The van der Waals surface area contributed by atoms with E-state index in [4.69, 9.17) is 5.11 Å². The molecule has 66 valence electrons. The first kappa shape index (κ1) is 8.96. The van der Waals surface area contributed by atoms with Crippen LogP contribution in [0.4, 0.5) is 0 Å². The molecule has 1 atom stereocenters. The molecule has 0 aromatic carbocycles. The fourth-order valence-corrected chi connectivity index (χ4v) is 2.13. The Labute approximate surface area is 66.9 Å². The highest BCUT2D eigenvalue weighted by atomic mass is 32.2. The van der Waals surface area contributed by atoms with Gasteiger partial charge >= 0.3 is 0 Å². The van der Waals surface area contributed by atoms with Gasteiger partial charge in [0.25, 0.3) is 0 Å². The molecule has 4 nitrogen and oxygen atoms in total. The lowest BCUT2D eigenvalue weighted by atomic mass is 10.1. The lowest BCUT2D eigenvalue weighted by molar-refractivity contribution is 0.108. The molecular weight excluding hydrogens is 166 g/mol. The predicted molar refractivity (Wildman–Crippen MR) is 41.7 cm³/mol. The number of sulfonamides is 1. The van der Waals surface area contributed by atoms with Gasteiger partial charge < -0.3 is 5.11 Å². The zero-order chi connectivity index (χ0) is 8.48. The van der Waals surface area contributed by atoms with Gasteiger partial charge in [-0.3, -0.25) is 0 Å². The Morgan fingerprint density at radius 1 is 1.55 bits per heavy atom. The van der Waals surface area contributed by atoms with Gasteiger partial charge in [0.15, 0.2) is 0 Å². The van der Waals surface area contributed by atoms with Gasteiger partial charge in [0, 0.05) is 13.1 Å². The van der Waals surface area contributed by atoms with Gasteiger partial charge in [-0.05, 0) is 12.8 Å². The summed E-state index contributed by atoms with van der Waals surface area (Å²) in [6.45, 7) is 0.814. The van der Waals surface area contributed by atoms with Crippen LogP contribution in [0.5, 0.6) is 0 Å². The highest BCUT2D eigenvalue weighted by Crippen LogP contribution is 2.12. The monoisotopic (exact) mass is 179 g/mol. The number of hydrogen-bond donors (Lipinski definition) is 1. The van der Waals surface area contributed by atoms with Crippen LogP contribution in [-0.2, 0) is 10.0 Å². The van der Waals surface area contributed by atoms with E-state index in [0.717, 1.165) is 6.42 Å². The van der Waals surface area contributed by atoms with E-state index in [-0.39, 0.29) is 6.54 Å². The molecule has 1 aliphatic heterocycles. The maximum absolute atomic E-state index is 10.9. The Bertz CT molecular complexity index is 224. The van der Waals surface area contributed by atoms with Crippen LogP contribution in [0, 0.1) is 0 Å². The Balaban J connectivity index is 2.60. The summed E-state index contributed by atoms with van der Waals surface area (Å²) in [4.78, 5) is 0. The molecule has 0 aromatic heterocycles. The van der Waals surface area contributed by atoms with Crippen molar-refractivity contribution in [3.63, 3.8) is 0 Å². The van der Waals surface area contributed by atoms with Crippen molar-refractivity contribution < 1.29 is 13.5 Å². The molecule has 5 heteroatoms. The topological polar surface area (TPSA) is 57.6 Å². The fourth-order valence-electron chi connectivity index (χ4n) is 1.22. The van der Waals surface area contributed by atoms with Crippen LogP contribution in [0.3, 0.4) is 0 Å². The van der Waals surface area contributed by atoms with Gasteiger partial charge in [-0.2, -0.15) is 4.31 Å². The lowest BCUT2D eigenvalue weighted by Gasteiger charge is -2.27. The van der Waals surface area contributed by atoms with E-state index in [0.29, 0.717) is 13.0 Å². The quantitative estimate of drug-likeness (QED) is 0.585. The van der Waals surface area contributed by atoms with Crippen LogP contribution in [0.15, 0.2) is 0 Å². The van der Waals surface area contributed by atoms with E-state index in [1.807, 2.05) is 0 Å². The molecule has 11 heavy (non-hydrogen) atoms. The minimum Gasteiger partial charge on any atom is -0.392 e. The van der Waals surface area contributed by atoms with Crippen LogP contribution in [0.1, 0.15) is 12.8 Å². The van der Waals surface area contributed by atoms with Crippen molar-refractivity contribution in [2.45, 2.75) is 18.9 Å². The molecular formula is C6H13NO3S. The molecule has 1 N–H and O–H groups in total. The van der Waals surface area contributed by atoms with Gasteiger partial charge in [0.1, 0.15) is 0 Å². The van der Waals surface area contributed by atoms with E-state index in [9.17, 15) is 8.42 Å². The molecule has 1 saturated heterocycles. The molecule has 0 aromatic rings. The molecule has 0 aliphatic carbocycles. The zero-order valence-electron chi connectivity index (χ0n) is 6.52. The molecule has 0 saturated carbocycles. The number of β-amino-alcohol motifs (C(OH)–C–C–N with tert-alkyl or cyclic N) is 1. The second-order valence-electron chi connectivity index (χ2n) is 2.92. The summed E-state index contributed by atoms with van der Waals surface area (Å²) in [6, 6.07) is 0. The van der Waals surface area contributed by atoms with E-state index >= 15 is 0 Å². The second-order valence-corrected chi connectivity index (χ2v) is 4.90. The van der Waals surface area contributed by atoms with Crippen LogP contribution in [0.2, 0.25) is 0 Å². The first-order valence-electron chi connectivity index (χ1n) is 3.63. The first-order valence-corrected chi connectivity index (χ1v) is 5.48. The molecule has 0 radical (unpaired) electrons. The average molecular weight is 179 g/mol. The molecule has 0 unspecified atom stereocenters. The number of hydrogen-bond acceptors (Lipinski definition) is 3. The van der Waals surface area contributed by atoms with Crippen molar-refractivity contribution in [3.05, 3.63) is 0 Å². The summed E-state index contributed by atoms with van der Waals surface area (Å²) in [5.74, 6) is 0. The van der Waals surface area contributed by atoms with E-state index in [2.05, 4.69) is 0 Å². The third kappa shape index (κ3) is 2.43. The summed E-state index contributed by atoms with van der Waals surface area (Å²) < 4.78 is 23.2. The van der Waals surface area contributed by atoms with Gasteiger partial charge in [0.2, 0.25) is 10.0 Å². The minimum atomic E-state index is -3.09. The first-order chi connectivity index (χ1) is 5.00. The fraction of sp³-hybridized carbons (Fsp3) is 1.00. The summed E-state index contributed by atoms with van der Waals surface area (Å²) in [5, 5.41) is 9.14. The molecule has 1 heterocycles. The SMILES string of the molecule is CS(=O)(=O)N1CCC[C@H](O)C1. The highest BCUT2D eigenvalue weighted by molar-refractivity contribution is 7.88. The second kappa shape index (κ2) is 3.08. The lowest BCUT2D eigenvalue weighted by Crippen LogP contribution is -2.41. The van der Waals surface area contributed by atoms with Crippen molar-refractivity contribution in [2.75, 3.05) is 19.3 Å². The Hall–Kier alpha value is -0.130. The molecule has 1 fully saturated rings. The normalized spacial score (nSPS) is 28.7. The van der Waals surface area contributed by atoms with E-state index < -0.39 is 16.1 Å². The number of aliphatic hydroxyl groups excluding tert-OH is 1. The summed E-state index contributed by atoms with van der Waals surface area (Å²) in [7, 11) is -3.09. The van der Waals surface area contributed by atoms with Crippen LogP contribution >= 0.6 is 0 Å². The smallest absolute Gasteiger partial charge is 0.211 e. The van der Waals surface area contributed by atoms with Crippen molar-refractivity contribution in [2.24, 2.45) is 0 Å². The maximum atomic E-state index is 10.9. The molecule has 0 amide bonds. The van der Waals surface area contributed by atoms with E-state index in [1.165, 1.54) is 10.6 Å². The highest BCUT2D eigenvalue weighted by Gasteiger charge is 2.23. The third-order valence-electron chi connectivity index (χ3n) is 1.83. The van der Waals surface area contributed by atoms with Gasteiger partial charge in [-0.25, -0.2) is 8.42 Å². The summed E-state index contributed by atoms with van der Waals surface area (Å²) >= 11 is 0. The number of aliphatic hydroxyl groups is 1. The largest absolute Gasteiger partial charge is 0.392 e. The van der Waals surface area contributed by atoms with Crippen LogP contribution in [-0.4, -0.2) is 43.3 Å². The van der Waals surface area contributed by atoms with Crippen LogP contribution < -0.4 is 0 Å². The molecule has 1 rings (SSSR count). The standard InChI is InChI=1S/C6H13NO3S/c1-11(9,10)7-4-2-3-6(8)5-7/h6,8H,2-5H2,1H3/t6-/m0/s1. The summed E-state index contributed by atoms with van der Waals surface area (Å²) in [6.07, 6.45) is 2.17. The number of piperidine rings is 1.